The molecule has 132 valence electrons. The van der Waals surface area contributed by atoms with Crippen LogP contribution in [0.15, 0.2) is 65.1 Å². The summed E-state index contributed by atoms with van der Waals surface area (Å²) in [4.78, 5) is 31.9. The van der Waals surface area contributed by atoms with Gasteiger partial charge in [-0.2, -0.15) is 0 Å². The van der Waals surface area contributed by atoms with E-state index in [2.05, 4.69) is 17.1 Å². The Morgan fingerprint density at radius 3 is 2.41 bits per heavy atom. The van der Waals surface area contributed by atoms with Crippen LogP contribution in [0.3, 0.4) is 0 Å². The Hall–Kier alpha value is -3.21. The van der Waals surface area contributed by atoms with E-state index in [0.717, 1.165) is 17.5 Å². The van der Waals surface area contributed by atoms with E-state index in [0.29, 0.717) is 17.2 Å². The Bertz CT molecular complexity index is 1080. The molecule has 5 heteroatoms. The molecule has 1 aromatic heterocycles. The van der Waals surface area contributed by atoms with Crippen LogP contribution < -0.4 is 4.90 Å². The predicted molar refractivity (Wildman–Crippen MR) is 99.7 cm³/mol. The summed E-state index contributed by atoms with van der Waals surface area (Å²) in [6.45, 7) is 0. The molecule has 3 aromatic rings. The smallest absolute Gasteiger partial charge is 0.238 e. The van der Waals surface area contributed by atoms with Gasteiger partial charge in [0, 0.05) is 5.56 Å². The number of carbonyl (C=O) groups excluding carboxylic acids is 2. The summed E-state index contributed by atoms with van der Waals surface area (Å²) in [5, 5.41) is 0. The van der Waals surface area contributed by atoms with Crippen molar-refractivity contribution in [1.29, 1.82) is 0 Å². The number of rotatable bonds is 2. The van der Waals surface area contributed by atoms with Gasteiger partial charge >= 0.3 is 0 Å². The maximum Gasteiger partial charge on any atom is 0.238 e. The number of oxazole rings is 1. The number of imide groups is 1. The molecular formula is C22H16N2O3. The van der Waals surface area contributed by atoms with Gasteiger partial charge in [0.2, 0.25) is 17.7 Å². The molecule has 0 unspecified atom stereocenters. The van der Waals surface area contributed by atoms with Crippen LogP contribution in [0.25, 0.3) is 22.6 Å². The average Bonchev–Trinajstić information content (AvgIpc) is 3.44. The molecule has 2 amide bonds. The maximum absolute atomic E-state index is 13.0. The van der Waals surface area contributed by atoms with Gasteiger partial charge in [0.1, 0.15) is 5.52 Å². The Balaban J connectivity index is 1.40. The molecule has 1 saturated heterocycles. The number of fused-ring (bicyclic) bond motifs is 6. The molecule has 0 radical (unpaired) electrons. The van der Waals surface area contributed by atoms with Gasteiger partial charge in [-0.15, -0.1) is 0 Å². The van der Waals surface area contributed by atoms with Gasteiger partial charge in [0.25, 0.3) is 0 Å². The second-order valence-corrected chi connectivity index (χ2v) is 7.55. The van der Waals surface area contributed by atoms with Crippen LogP contribution in [0, 0.1) is 23.7 Å². The van der Waals surface area contributed by atoms with E-state index in [1.165, 1.54) is 4.90 Å². The molecule has 27 heavy (non-hydrogen) atoms. The van der Waals surface area contributed by atoms with Crippen LogP contribution in [0.1, 0.15) is 6.42 Å². The minimum absolute atomic E-state index is 0.0726. The molecule has 1 aliphatic heterocycles. The van der Waals surface area contributed by atoms with Gasteiger partial charge in [-0.1, -0.05) is 30.4 Å². The summed E-state index contributed by atoms with van der Waals surface area (Å²) in [7, 11) is 0. The van der Waals surface area contributed by atoms with Crippen molar-refractivity contribution in [2.24, 2.45) is 23.7 Å². The van der Waals surface area contributed by atoms with Crippen molar-refractivity contribution in [3.05, 3.63) is 60.7 Å². The maximum atomic E-state index is 13.0. The fourth-order valence-electron chi connectivity index (χ4n) is 4.93. The molecule has 2 bridgehead atoms. The number of hydrogen-bond acceptors (Lipinski definition) is 4. The predicted octanol–water partition coefficient (Wildman–Crippen LogP) is 3.81. The first kappa shape index (κ1) is 14.9. The van der Waals surface area contributed by atoms with Crippen LogP contribution in [-0.4, -0.2) is 16.8 Å². The lowest BCUT2D eigenvalue weighted by atomic mass is 9.85. The highest BCUT2D eigenvalue weighted by Crippen LogP contribution is 2.53. The lowest BCUT2D eigenvalue weighted by Crippen LogP contribution is -2.32. The quantitative estimate of drug-likeness (QED) is 0.517. The normalized spacial score (nSPS) is 28.5. The monoisotopic (exact) mass is 356 g/mol. The number of nitrogens with zero attached hydrogens (tertiary/aromatic N) is 2. The van der Waals surface area contributed by atoms with Gasteiger partial charge in [0.15, 0.2) is 5.58 Å². The molecule has 3 aliphatic rings. The summed E-state index contributed by atoms with van der Waals surface area (Å²) in [5.41, 5.74) is 2.84. The van der Waals surface area contributed by atoms with Gasteiger partial charge in [-0.05, 0) is 48.6 Å². The standard InChI is InChI=1S/C22H16N2O3/c25-21-18-12-8-9-13(10-12)19(18)22(26)24(21)15-5-3-4-14(11-15)20-23-16-6-1-2-7-17(16)27-20/h1-9,11-13,18-19H,10H2/t12-,13+,18+,19-. The van der Waals surface area contributed by atoms with Crippen LogP contribution in [-0.2, 0) is 9.59 Å². The van der Waals surface area contributed by atoms with E-state index in [-0.39, 0.29) is 35.5 Å². The third kappa shape index (κ3) is 1.97. The first-order valence-electron chi connectivity index (χ1n) is 9.23. The Labute approximate surface area is 155 Å². The lowest BCUT2D eigenvalue weighted by molar-refractivity contribution is -0.123. The van der Waals surface area contributed by atoms with Gasteiger partial charge in [-0.25, -0.2) is 9.88 Å². The van der Waals surface area contributed by atoms with Crippen molar-refractivity contribution in [1.82, 2.24) is 4.98 Å². The van der Waals surface area contributed by atoms with Crippen molar-refractivity contribution in [2.75, 3.05) is 4.90 Å². The second kappa shape index (κ2) is 5.16. The van der Waals surface area contributed by atoms with E-state index in [4.69, 9.17) is 4.42 Å². The summed E-state index contributed by atoms with van der Waals surface area (Å²) < 4.78 is 5.83. The van der Waals surface area contributed by atoms with Crippen LogP contribution in [0.5, 0.6) is 0 Å². The molecule has 5 nitrogen and oxygen atoms in total. The molecule has 0 N–H and O–H groups in total. The first-order chi connectivity index (χ1) is 13.2. The number of amides is 2. The van der Waals surface area contributed by atoms with Crippen LogP contribution >= 0.6 is 0 Å². The topological polar surface area (TPSA) is 63.4 Å². The van der Waals surface area contributed by atoms with E-state index in [1.54, 1.807) is 6.07 Å². The van der Waals surface area contributed by atoms with Crippen LogP contribution in [0.4, 0.5) is 5.69 Å². The van der Waals surface area contributed by atoms with Crippen LogP contribution in [0.2, 0.25) is 0 Å². The molecule has 2 aliphatic carbocycles. The SMILES string of the molecule is O=C1[C@@H]2[C@H](C(=O)N1c1cccc(-c3nc4ccccc4o3)c1)[C@H]1C=C[C@@H]2C1. The molecule has 0 spiro atoms. The number of aromatic nitrogens is 1. The zero-order valence-electron chi connectivity index (χ0n) is 14.4. The first-order valence-corrected chi connectivity index (χ1v) is 9.23. The molecule has 4 atom stereocenters. The highest BCUT2D eigenvalue weighted by molar-refractivity contribution is 6.23. The van der Waals surface area contributed by atoms with E-state index < -0.39 is 0 Å². The number of para-hydroxylation sites is 2. The number of allylic oxidation sites excluding steroid dienone is 2. The molecule has 2 fully saturated rings. The van der Waals surface area contributed by atoms with Crippen molar-refractivity contribution in [2.45, 2.75) is 6.42 Å². The number of benzene rings is 2. The average molecular weight is 356 g/mol. The number of anilines is 1. The molecule has 1 saturated carbocycles. The fraction of sp³-hybridized carbons (Fsp3) is 0.227. The summed E-state index contributed by atoms with van der Waals surface area (Å²) in [6, 6.07) is 14.9. The summed E-state index contributed by atoms with van der Waals surface area (Å²) >= 11 is 0. The number of carbonyl (C=O) groups is 2. The van der Waals surface area contributed by atoms with Crippen molar-refractivity contribution in [3.63, 3.8) is 0 Å². The van der Waals surface area contributed by atoms with Gasteiger partial charge < -0.3 is 4.42 Å². The van der Waals surface area contributed by atoms with Gasteiger partial charge in [0.05, 0.1) is 17.5 Å². The largest absolute Gasteiger partial charge is 0.436 e. The molecular weight excluding hydrogens is 340 g/mol. The Morgan fingerprint density at radius 1 is 0.926 bits per heavy atom. The third-order valence-electron chi connectivity index (χ3n) is 6.12. The zero-order valence-corrected chi connectivity index (χ0v) is 14.4. The molecule has 6 rings (SSSR count). The highest BCUT2D eigenvalue weighted by Gasteiger charge is 2.59. The number of hydrogen-bond donors (Lipinski definition) is 0. The molecule has 2 heterocycles. The second-order valence-electron chi connectivity index (χ2n) is 7.55. The van der Waals surface area contributed by atoms with Gasteiger partial charge in [-0.3, -0.25) is 9.59 Å². The highest BCUT2D eigenvalue weighted by atomic mass is 16.3. The summed E-state index contributed by atoms with van der Waals surface area (Å²) in [5.74, 6) is 0.372. The fourth-order valence-corrected chi connectivity index (χ4v) is 4.93. The third-order valence-corrected chi connectivity index (χ3v) is 6.12. The van der Waals surface area contributed by atoms with Crippen molar-refractivity contribution < 1.29 is 14.0 Å². The molecule has 2 aromatic carbocycles. The van der Waals surface area contributed by atoms with Crippen molar-refractivity contribution in [3.8, 4) is 11.5 Å². The minimum atomic E-state index is -0.194. The van der Waals surface area contributed by atoms with E-state index >= 15 is 0 Å². The van der Waals surface area contributed by atoms with E-state index in [1.807, 2.05) is 42.5 Å². The lowest BCUT2D eigenvalue weighted by Gasteiger charge is -2.17. The van der Waals surface area contributed by atoms with E-state index in [9.17, 15) is 9.59 Å². The summed E-state index contributed by atoms with van der Waals surface area (Å²) in [6.07, 6.45) is 5.15. The Morgan fingerprint density at radius 2 is 1.67 bits per heavy atom. The van der Waals surface area contributed by atoms with Crippen molar-refractivity contribution >= 4 is 28.6 Å². The minimum Gasteiger partial charge on any atom is -0.436 e. The zero-order chi connectivity index (χ0) is 18.1. The Kier molecular flexibility index (Phi) is 2.85.